The fraction of sp³-hybridized carbons (Fsp3) is 0.500. The molecule has 2 fully saturated rings. The quantitative estimate of drug-likeness (QED) is 0.791. The monoisotopic (exact) mass is 273 g/mol. The molecule has 0 spiro atoms. The van der Waals surface area contributed by atoms with Gasteiger partial charge in [-0.25, -0.2) is 4.79 Å². The lowest BCUT2D eigenvalue weighted by Crippen LogP contribution is -2.47. The molecule has 4 heteroatoms. The summed E-state index contributed by atoms with van der Waals surface area (Å²) in [4.78, 5) is 26.2. The second-order valence-electron chi connectivity index (χ2n) is 5.62. The zero-order chi connectivity index (χ0) is 14.1. The van der Waals surface area contributed by atoms with Crippen LogP contribution in [0.25, 0.3) is 0 Å². The molecule has 2 bridgehead atoms. The van der Waals surface area contributed by atoms with Crippen molar-refractivity contribution in [2.24, 2.45) is 0 Å². The molecule has 3 atom stereocenters. The highest BCUT2D eigenvalue weighted by Gasteiger charge is 2.46. The van der Waals surface area contributed by atoms with Crippen LogP contribution in [0.2, 0.25) is 0 Å². The van der Waals surface area contributed by atoms with E-state index in [-0.39, 0.29) is 24.1 Å². The van der Waals surface area contributed by atoms with E-state index in [2.05, 4.69) is 4.90 Å². The number of methoxy groups -OCH3 is 1. The molecule has 3 rings (SSSR count). The van der Waals surface area contributed by atoms with Crippen LogP contribution in [0, 0.1) is 0 Å². The number of carbonyl (C=O) groups excluding carboxylic acids is 2. The van der Waals surface area contributed by atoms with Crippen LogP contribution in [0.5, 0.6) is 0 Å². The summed E-state index contributed by atoms with van der Waals surface area (Å²) in [6.45, 7) is 0. The third kappa shape index (κ3) is 2.24. The topological polar surface area (TPSA) is 46.6 Å². The molecule has 0 aliphatic carbocycles. The summed E-state index contributed by atoms with van der Waals surface area (Å²) in [6, 6.07) is 9.70. The van der Waals surface area contributed by atoms with E-state index in [0.717, 1.165) is 18.4 Å². The van der Waals surface area contributed by atoms with Gasteiger partial charge in [0, 0.05) is 24.9 Å². The molecule has 0 amide bonds. The second kappa shape index (κ2) is 5.37. The third-order valence-electron chi connectivity index (χ3n) is 4.44. The Hall–Kier alpha value is -1.68. The molecule has 0 N–H and O–H groups in total. The van der Waals surface area contributed by atoms with Gasteiger partial charge in [0.05, 0.1) is 7.11 Å². The van der Waals surface area contributed by atoms with Gasteiger partial charge in [0.25, 0.3) is 0 Å². The molecule has 2 heterocycles. The summed E-state index contributed by atoms with van der Waals surface area (Å²) in [5, 5.41) is 0. The van der Waals surface area contributed by atoms with E-state index in [4.69, 9.17) is 4.74 Å². The molecule has 2 aliphatic heterocycles. The van der Waals surface area contributed by atoms with Crippen LogP contribution in [0.4, 0.5) is 0 Å². The highest BCUT2D eigenvalue weighted by molar-refractivity contribution is 5.82. The highest BCUT2D eigenvalue weighted by Crippen LogP contribution is 2.40. The van der Waals surface area contributed by atoms with Crippen molar-refractivity contribution in [3.63, 3.8) is 0 Å². The van der Waals surface area contributed by atoms with Crippen molar-refractivity contribution in [3.8, 4) is 0 Å². The van der Waals surface area contributed by atoms with Gasteiger partial charge in [-0.2, -0.15) is 0 Å². The fourth-order valence-corrected chi connectivity index (χ4v) is 3.60. The Bertz CT molecular complexity index is 498. The lowest BCUT2D eigenvalue weighted by atomic mass is 9.95. The Morgan fingerprint density at radius 3 is 2.35 bits per heavy atom. The van der Waals surface area contributed by atoms with Gasteiger partial charge >= 0.3 is 5.97 Å². The van der Waals surface area contributed by atoms with Crippen molar-refractivity contribution in [2.45, 2.75) is 43.8 Å². The van der Waals surface area contributed by atoms with Gasteiger partial charge in [-0.05, 0) is 18.4 Å². The lowest BCUT2D eigenvalue weighted by molar-refractivity contribution is -0.151. The van der Waals surface area contributed by atoms with Crippen LogP contribution in [0.15, 0.2) is 30.3 Å². The Morgan fingerprint density at radius 1 is 1.20 bits per heavy atom. The molecule has 4 nitrogen and oxygen atoms in total. The minimum atomic E-state index is -0.383. The van der Waals surface area contributed by atoms with Crippen LogP contribution in [-0.2, 0) is 14.3 Å². The molecular weight excluding hydrogens is 254 g/mol. The molecule has 1 aromatic carbocycles. The number of nitrogens with zero attached hydrogens (tertiary/aromatic N) is 1. The Balaban J connectivity index is 1.95. The summed E-state index contributed by atoms with van der Waals surface area (Å²) < 4.78 is 5.01. The largest absolute Gasteiger partial charge is 0.468 e. The molecular formula is C16H19NO3. The van der Waals surface area contributed by atoms with Crippen LogP contribution in [0.1, 0.15) is 37.3 Å². The number of piperidine rings is 1. The fourth-order valence-electron chi connectivity index (χ4n) is 3.60. The second-order valence-corrected chi connectivity index (χ2v) is 5.62. The first-order chi connectivity index (χ1) is 9.70. The minimum Gasteiger partial charge on any atom is -0.468 e. The Morgan fingerprint density at radius 2 is 1.80 bits per heavy atom. The summed E-state index contributed by atoms with van der Waals surface area (Å²) in [6.07, 6.45) is 3.13. The van der Waals surface area contributed by atoms with Crippen molar-refractivity contribution >= 4 is 11.8 Å². The normalized spacial score (nSPS) is 27.4. The third-order valence-corrected chi connectivity index (χ3v) is 4.44. The molecule has 0 radical (unpaired) electrons. The minimum absolute atomic E-state index is 0.186. The highest BCUT2D eigenvalue weighted by atomic mass is 16.5. The van der Waals surface area contributed by atoms with Gasteiger partial charge in [0.2, 0.25) is 0 Å². The molecule has 20 heavy (non-hydrogen) atoms. The predicted octanol–water partition coefficient (Wildman–Crippen LogP) is 2.10. The van der Waals surface area contributed by atoms with E-state index in [0.29, 0.717) is 18.6 Å². The van der Waals surface area contributed by atoms with Crippen LogP contribution < -0.4 is 0 Å². The Kier molecular flexibility index (Phi) is 3.57. The van der Waals surface area contributed by atoms with Gasteiger partial charge in [-0.15, -0.1) is 0 Å². The standard InChI is InChI=1S/C16H19NO3/c1-20-16(19)15(11-5-3-2-4-6-11)17-12-7-8-13(17)10-14(18)9-12/h2-6,12-13,15H,7-10H2,1H3. The number of ketones is 1. The van der Waals surface area contributed by atoms with Crippen LogP contribution in [-0.4, -0.2) is 35.8 Å². The smallest absolute Gasteiger partial charge is 0.327 e. The van der Waals surface area contributed by atoms with E-state index in [9.17, 15) is 9.59 Å². The summed E-state index contributed by atoms with van der Waals surface area (Å²) in [5.41, 5.74) is 0.950. The first kappa shape index (κ1) is 13.3. The predicted molar refractivity (Wildman–Crippen MR) is 74.1 cm³/mol. The lowest BCUT2D eigenvalue weighted by Gasteiger charge is -2.38. The van der Waals surface area contributed by atoms with E-state index in [1.165, 1.54) is 7.11 Å². The number of benzene rings is 1. The van der Waals surface area contributed by atoms with Crippen molar-refractivity contribution in [1.29, 1.82) is 0 Å². The average molecular weight is 273 g/mol. The van der Waals surface area contributed by atoms with Crippen molar-refractivity contribution in [3.05, 3.63) is 35.9 Å². The summed E-state index contributed by atoms with van der Waals surface area (Å²) in [7, 11) is 1.43. The van der Waals surface area contributed by atoms with E-state index < -0.39 is 0 Å². The number of Topliss-reactive ketones (excluding diaryl/α,β-unsaturated/α-hetero) is 1. The number of carbonyl (C=O) groups is 2. The maximum absolute atomic E-state index is 12.3. The van der Waals surface area contributed by atoms with Crippen molar-refractivity contribution in [2.75, 3.05) is 7.11 Å². The number of rotatable bonds is 3. The maximum atomic E-state index is 12.3. The van der Waals surface area contributed by atoms with Gasteiger partial charge in [-0.1, -0.05) is 30.3 Å². The SMILES string of the molecule is COC(=O)C(c1ccccc1)N1C2CCC1CC(=O)C2. The Labute approximate surface area is 118 Å². The van der Waals surface area contributed by atoms with Crippen molar-refractivity contribution < 1.29 is 14.3 Å². The molecule has 106 valence electrons. The maximum Gasteiger partial charge on any atom is 0.327 e. The van der Waals surface area contributed by atoms with E-state index >= 15 is 0 Å². The molecule has 1 aromatic rings. The first-order valence-electron chi connectivity index (χ1n) is 7.12. The van der Waals surface area contributed by atoms with E-state index in [1.54, 1.807) is 0 Å². The average Bonchev–Trinajstić information content (AvgIpc) is 2.72. The number of esters is 1. The molecule has 0 aromatic heterocycles. The summed E-state index contributed by atoms with van der Waals surface area (Å²) in [5.74, 6) is 0.0906. The molecule has 2 saturated heterocycles. The number of fused-ring (bicyclic) bond motifs is 2. The number of hydrogen-bond acceptors (Lipinski definition) is 4. The number of hydrogen-bond donors (Lipinski definition) is 0. The zero-order valence-corrected chi connectivity index (χ0v) is 11.6. The molecule has 0 saturated carbocycles. The molecule has 3 unspecified atom stereocenters. The van der Waals surface area contributed by atoms with E-state index in [1.807, 2.05) is 30.3 Å². The zero-order valence-electron chi connectivity index (χ0n) is 11.6. The van der Waals surface area contributed by atoms with Crippen LogP contribution in [0.3, 0.4) is 0 Å². The van der Waals surface area contributed by atoms with Gasteiger partial charge in [0.15, 0.2) is 0 Å². The summed E-state index contributed by atoms with van der Waals surface area (Å²) >= 11 is 0. The van der Waals surface area contributed by atoms with Gasteiger partial charge < -0.3 is 4.74 Å². The van der Waals surface area contributed by atoms with Gasteiger partial charge in [0.1, 0.15) is 11.8 Å². The number of ether oxygens (including phenoxy) is 1. The van der Waals surface area contributed by atoms with Crippen molar-refractivity contribution in [1.82, 2.24) is 4.90 Å². The first-order valence-corrected chi connectivity index (χ1v) is 7.12. The van der Waals surface area contributed by atoms with Gasteiger partial charge in [-0.3, -0.25) is 9.69 Å². The molecule has 2 aliphatic rings. The van der Waals surface area contributed by atoms with Crippen LogP contribution >= 0.6 is 0 Å².